The SMILES string of the molecule is COc1ccc(-n2ccc(C(=O)N(C)CCc3ccncc3)n2)cc1. The summed E-state index contributed by atoms with van der Waals surface area (Å²) in [5.74, 6) is 0.685. The predicted molar refractivity (Wildman–Crippen MR) is 95.0 cm³/mol. The first-order valence-electron chi connectivity index (χ1n) is 8.02. The van der Waals surface area contributed by atoms with Crippen LogP contribution in [0.4, 0.5) is 0 Å². The second-order valence-corrected chi connectivity index (χ2v) is 5.68. The van der Waals surface area contributed by atoms with Crippen LogP contribution in [-0.2, 0) is 6.42 Å². The van der Waals surface area contributed by atoms with Crippen LogP contribution in [0.1, 0.15) is 16.1 Å². The molecule has 0 saturated heterocycles. The van der Waals surface area contributed by atoms with Gasteiger partial charge in [-0.25, -0.2) is 4.68 Å². The summed E-state index contributed by atoms with van der Waals surface area (Å²) in [5, 5.41) is 4.39. The summed E-state index contributed by atoms with van der Waals surface area (Å²) in [7, 11) is 3.41. The van der Waals surface area contributed by atoms with Crippen molar-refractivity contribution < 1.29 is 9.53 Å². The Labute approximate surface area is 146 Å². The number of methoxy groups -OCH3 is 1. The number of ether oxygens (including phenoxy) is 1. The molecule has 0 fully saturated rings. The average molecular weight is 336 g/mol. The fraction of sp³-hybridized carbons (Fsp3) is 0.211. The Morgan fingerprint density at radius 3 is 2.52 bits per heavy atom. The number of nitrogens with zero attached hydrogens (tertiary/aromatic N) is 4. The van der Waals surface area contributed by atoms with E-state index < -0.39 is 0 Å². The Balaban J connectivity index is 1.65. The van der Waals surface area contributed by atoms with E-state index in [2.05, 4.69) is 10.1 Å². The van der Waals surface area contributed by atoms with Crippen LogP contribution in [0.25, 0.3) is 5.69 Å². The van der Waals surface area contributed by atoms with Crippen LogP contribution in [0.15, 0.2) is 61.1 Å². The van der Waals surface area contributed by atoms with E-state index in [1.165, 1.54) is 0 Å². The highest BCUT2D eigenvalue weighted by atomic mass is 16.5. The van der Waals surface area contributed by atoms with Gasteiger partial charge in [0.1, 0.15) is 5.75 Å². The molecule has 128 valence electrons. The lowest BCUT2D eigenvalue weighted by Gasteiger charge is -2.15. The van der Waals surface area contributed by atoms with Crippen LogP contribution in [0.3, 0.4) is 0 Å². The monoisotopic (exact) mass is 336 g/mol. The first-order valence-corrected chi connectivity index (χ1v) is 8.02. The van der Waals surface area contributed by atoms with Gasteiger partial charge in [0.25, 0.3) is 5.91 Å². The fourth-order valence-electron chi connectivity index (χ4n) is 2.46. The Bertz CT molecular complexity index is 828. The lowest BCUT2D eigenvalue weighted by Crippen LogP contribution is -2.29. The molecule has 0 aliphatic carbocycles. The van der Waals surface area contributed by atoms with Gasteiger partial charge in [-0.2, -0.15) is 5.10 Å². The van der Waals surface area contributed by atoms with Crippen LogP contribution >= 0.6 is 0 Å². The van der Waals surface area contributed by atoms with E-state index in [1.54, 1.807) is 48.4 Å². The van der Waals surface area contributed by atoms with Crippen LogP contribution in [0, 0.1) is 0 Å². The van der Waals surface area contributed by atoms with Gasteiger partial charge in [-0.05, 0) is 54.4 Å². The summed E-state index contributed by atoms with van der Waals surface area (Å²) in [6.07, 6.45) is 6.08. The highest BCUT2D eigenvalue weighted by Gasteiger charge is 2.15. The number of aromatic nitrogens is 3. The molecule has 2 heterocycles. The molecule has 1 amide bonds. The van der Waals surface area contributed by atoms with Crippen molar-refractivity contribution in [2.24, 2.45) is 0 Å². The summed E-state index contributed by atoms with van der Waals surface area (Å²) in [6.45, 7) is 0.623. The van der Waals surface area contributed by atoms with E-state index in [4.69, 9.17) is 4.74 Å². The lowest BCUT2D eigenvalue weighted by molar-refractivity contribution is 0.0790. The summed E-state index contributed by atoms with van der Waals surface area (Å²) in [4.78, 5) is 18.2. The maximum atomic E-state index is 12.5. The molecule has 0 atom stereocenters. The smallest absolute Gasteiger partial charge is 0.274 e. The quantitative estimate of drug-likeness (QED) is 0.694. The average Bonchev–Trinajstić information content (AvgIpc) is 3.16. The maximum absolute atomic E-state index is 12.5. The molecule has 0 spiro atoms. The fourth-order valence-corrected chi connectivity index (χ4v) is 2.46. The number of hydrogen-bond acceptors (Lipinski definition) is 4. The Hall–Kier alpha value is -3.15. The number of pyridine rings is 1. The molecule has 0 saturated carbocycles. The first-order chi connectivity index (χ1) is 12.2. The molecule has 3 aromatic rings. The maximum Gasteiger partial charge on any atom is 0.274 e. The van der Waals surface area contributed by atoms with Gasteiger partial charge < -0.3 is 9.64 Å². The third-order valence-corrected chi connectivity index (χ3v) is 3.98. The molecular formula is C19H20N4O2. The molecule has 3 rings (SSSR count). The molecule has 0 N–H and O–H groups in total. The van der Waals surface area contributed by atoms with E-state index in [9.17, 15) is 4.79 Å². The van der Waals surface area contributed by atoms with Gasteiger partial charge in [0, 0.05) is 32.2 Å². The van der Waals surface area contributed by atoms with E-state index >= 15 is 0 Å². The van der Waals surface area contributed by atoms with Crippen LogP contribution in [-0.4, -0.2) is 46.3 Å². The first kappa shape index (κ1) is 16.7. The molecule has 0 aliphatic rings. The van der Waals surface area contributed by atoms with Gasteiger partial charge in [0.2, 0.25) is 0 Å². The molecule has 0 bridgehead atoms. The summed E-state index contributed by atoms with van der Waals surface area (Å²) >= 11 is 0. The van der Waals surface area contributed by atoms with Crippen molar-refractivity contribution in [1.29, 1.82) is 0 Å². The lowest BCUT2D eigenvalue weighted by atomic mass is 10.2. The summed E-state index contributed by atoms with van der Waals surface area (Å²) < 4.78 is 6.83. The van der Waals surface area contributed by atoms with Crippen molar-refractivity contribution in [3.63, 3.8) is 0 Å². The second kappa shape index (κ2) is 7.61. The number of carbonyl (C=O) groups is 1. The summed E-state index contributed by atoms with van der Waals surface area (Å²) in [5.41, 5.74) is 2.45. The minimum absolute atomic E-state index is 0.0960. The van der Waals surface area contributed by atoms with Crippen molar-refractivity contribution in [3.05, 3.63) is 72.3 Å². The largest absolute Gasteiger partial charge is 0.497 e. The minimum atomic E-state index is -0.0960. The summed E-state index contributed by atoms with van der Waals surface area (Å²) in [6, 6.07) is 13.2. The number of hydrogen-bond donors (Lipinski definition) is 0. The van der Waals surface area contributed by atoms with Gasteiger partial charge >= 0.3 is 0 Å². The van der Waals surface area contributed by atoms with Crippen molar-refractivity contribution in [2.75, 3.05) is 20.7 Å². The zero-order valence-electron chi connectivity index (χ0n) is 14.3. The predicted octanol–water partition coefficient (Wildman–Crippen LogP) is 2.59. The highest BCUT2D eigenvalue weighted by Crippen LogP contribution is 2.15. The van der Waals surface area contributed by atoms with Gasteiger partial charge in [0.05, 0.1) is 12.8 Å². The molecule has 0 unspecified atom stereocenters. The standard InChI is InChI=1S/C19H20N4O2/c1-22(13-9-15-7-11-20-12-8-15)19(24)18-10-14-23(21-18)16-3-5-17(25-2)6-4-16/h3-8,10-12,14H,9,13H2,1-2H3. The van der Waals surface area contributed by atoms with Crippen molar-refractivity contribution in [1.82, 2.24) is 19.7 Å². The van der Waals surface area contributed by atoms with E-state index in [-0.39, 0.29) is 5.91 Å². The third kappa shape index (κ3) is 4.03. The minimum Gasteiger partial charge on any atom is -0.497 e. The molecule has 6 nitrogen and oxygen atoms in total. The normalized spacial score (nSPS) is 10.5. The van der Waals surface area contributed by atoms with E-state index in [0.29, 0.717) is 12.2 Å². The number of carbonyl (C=O) groups excluding carboxylic acids is 1. The Morgan fingerprint density at radius 1 is 1.12 bits per heavy atom. The van der Waals surface area contributed by atoms with Gasteiger partial charge in [-0.15, -0.1) is 0 Å². The number of benzene rings is 1. The zero-order valence-corrected chi connectivity index (χ0v) is 14.3. The zero-order chi connectivity index (χ0) is 17.6. The number of likely N-dealkylation sites (N-methyl/N-ethyl adjacent to an activating group) is 1. The molecule has 0 aliphatic heterocycles. The Morgan fingerprint density at radius 2 is 1.84 bits per heavy atom. The number of amides is 1. The van der Waals surface area contributed by atoms with E-state index in [0.717, 1.165) is 23.4 Å². The molecular weight excluding hydrogens is 316 g/mol. The van der Waals surface area contributed by atoms with Gasteiger partial charge in [-0.3, -0.25) is 9.78 Å². The highest BCUT2D eigenvalue weighted by molar-refractivity contribution is 5.92. The van der Waals surface area contributed by atoms with Crippen molar-refractivity contribution >= 4 is 5.91 Å². The van der Waals surface area contributed by atoms with Crippen molar-refractivity contribution in [2.45, 2.75) is 6.42 Å². The van der Waals surface area contributed by atoms with Crippen molar-refractivity contribution in [3.8, 4) is 11.4 Å². The Kier molecular flexibility index (Phi) is 5.09. The van der Waals surface area contributed by atoms with Crippen LogP contribution in [0.5, 0.6) is 5.75 Å². The molecule has 1 aromatic carbocycles. The molecule has 0 radical (unpaired) electrons. The van der Waals surface area contributed by atoms with Gasteiger partial charge in [-0.1, -0.05) is 0 Å². The molecule has 2 aromatic heterocycles. The van der Waals surface area contributed by atoms with Crippen LogP contribution in [0.2, 0.25) is 0 Å². The van der Waals surface area contributed by atoms with Gasteiger partial charge in [0.15, 0.2) is 5.69 Å². The second-order valence-electron chi connectivity index (χ2n) is 5.68. The van der Waals surface area contributed by atoms with E-state index in [1.807, 2.05) is 36.4 Å². The van der Waals surface area contributed by atoms with Crippen LogP contribution < -0.4 is 4.74 Å². The molecule has 6 heteroatoms. The topological polar surface area (TPSA) is 60.2 Å². The third-order valence-electron chi connectivity index (χ3n) is 3.98. The molecule has 25 heavy (non-hydrogen) atoms. The number of rotatable bonds is 6.